The second-order valence-corrected chi connectivity index (χ2v) is 7.01. The van der Waals surface area contributed by atoms with Gasteiger partial charge in [-0.25, -0.2) is 4.68 Å². The van der Waals surface area contributed by atoms with Crippen LogP contribution in [0.2, 0.25) is 0 Å². The molecule has 0 aliphatic heterocycles. The molecule has 0 spiro atoms. The summed E-state index contributed by atoms with van der Waals surface area (Å²) in [5.74, 6) is 0. The summed E-state index contributed by atoms with van der Waals surface area (Å²) in [7, 11) is 0. The summed E-state index contributed by atoms with van der Waals surface area (Å²) >= 11 is 12.2. The van der Waals surface area contributed by atoms with E-state index < -0.39 is 4.33 Å². The van der Waals surface area contributed by atoms with Crippen molar-refractivity contribution in [2.75, 3.05) is 0 Å². The van der Waals surface area contributed by atoms with E-state index in [1.54, 1.807) is 0 Å². The molecule has 0 aromatic carbocycles. The van der Waals surface area contributed by atoms with Crippen molar-refractivity contribution in [1.29, 1.82) is 5.26 Å². The van der Waals surface area contributed by atoms with Crippen LogP contribution in [0, 0.1) is 16.7 Å². The summed E-state index contributed by atoms with van der Waals surface area (Å²) in [6.07, 6.45) is 1.93. The molecule has 1 fully saturated rings. The molecule has 4 nitrogen and oxygen atoms in total. The molecule has 1 aliphatic carbocycles. The molecule has 0 amide bonds. The average molecular weight is 314 g/mol. The molecule has 6 heteroatoms. The highest BCUT2D eigenvalue weighted by Crippen LogP contribution is 2.64. The zero-order valence-corrected chi connectivity index (χ0v) is 13.3. The fourth-order valence-electron chi connectivity index (χ4n) is 2.49. The Hall–Kier alpha value is -1.05. The summed E-state index contributed by atoms with van der Waals surface area (Å²) in [5, 5.41) is 13.6. The third kappa shape index (κ3) is 2.34. The van der Waals surface area contributed by atoms with Crippen molar-refractivity contribution in [3.8, 4) is 6.07 Å². The van der Waals surface area contributed by atoms with Crippen LogP contribution in [0.5, 0.6) is 0 Å². The number of nitriles is 1. The number of aryl methyl sites for hydroxylation is 1. The van der Waals surface area contributed by atoms with Crippen molar-refractivity contribution in [2.45, 2.75) is 50.9 Å². The molecule has 1 aromatic rings. The van der Waals surface area contributed by atoms with Crippen molar-refractivity contribution in [1.82, 2.24) is 9.78 Å². The molecular formula is C14H17Cl2N3O. The van der Waals surface area contributed by atoms with E-state index in [4.69, 9.17) is 23.2 Å². The van der Waals surface area contributed by atoms with Crippen LogP contribution in [0.4, 0.5) is 0 Å². The van der Waals surface area contributed by atoms with Crippen LogP contribution in [0.3, 0.4) is 0 Å². The molecule has 1 atom stereocenters. The topological polar surface area (TPSA) is 58.7 Å². The smallest absolute Gasteiger partial charge is 0.266 e. The minimum Gasteiger partial charge on any atom is -0.266 e. The number of hydrogen-bond acceptors (Lipinski definition) is 3. The minimum atomic E-state index is -0.809. The van der Waals surface area contributed by atoms with Crippen LogP contribution >= 0.6 is 23.2 Å². The Labute approximate surface area is 128 Å². The van der Waals surface area contributed by atoms with Crippen molar-refractivity contribution in [3.05, 3.63) is 27.2 Å². The minimum absolute atomic E-state index is 0.193. The van der Waals surface area contributed by atoms with E-state index in [1.165, 1.54) is 4.68 Å². The average Bonchev–Trinajstić information content (AvgIpc) is 2.89. The van der Waals surface area contributed by atoms with Gasteiger partial charge in [0.05, 0.1) is 12.2 Å². The normalized spacial score (nSPS) is 23.4. The summed E-state index contributed by atoms with van der Waals surface area (Å²) in [6, 6.07) is 2.02. The zero-order valence-electron chi connectivity index (χ0n) is 11.8. The van der Waals surface area contributed by atoms with Gasteiger partial charge in [0.15, 0.2) is 0 Å². The van der Waals surface area contributed by atoms with Gasteiger partial charge in [-0.15, -0.1) is 23.2 Å². The monoisotopic (exact) mass is 313 g/mol. The Bertz CT molecular complexity index is 645. The second-order valence-electron chi connectivity index (χ2n) is 5.52. The van der Waals surface area contributed by atoms with E-state index in [0.717, 1.165) is 11.3 Å². The van der Waals surface area contributed by atoms with Gasteiger partial charge in [-0.3, -0.25) is 4.79 Å². The molecule has 2 rings (SSSR count). The lowest BCUT2D eigenvalue weighted by Gasteiger charge is -2.16. The molecule has 0 saturated heterocycles. The molecule has 1 saturated carbocycles. The predicted molar refractivity (Wildman–Crippen MR) is 79.1 cm³/mol. The summed E-state index contributed by atoms with van der Waals surface area (Å²) < 4.78 is 0.541. The lowest BCUT2D eigenvalue weighted by molar-refractivity contribution is 0.407. The van der Waals surface area contributed by atoms with E-state index in [1.807, 2.05) is 26.8 Å². The van der Waals surface area contributed by atoms with E-state index in [9.17, 15) is 10.1 Å². The standard InChI is InChI=1S/C14H17Cl2N3O/c1-4-9-10(6-17)12(20)19(18-11(9)5-2)8-13(3)7-14(13,15)16/h4-5,7-8H2,1-3H3/t13-/m1/s1. The molecule has 0 bridgehead atoms. The summed E-state index contributed by atoms with van der Waals surface area (Å²) in [5.41, 5.74) is 1.03. The molecule has 0 N–H and O–H groups in total. The number of hydrogen-bond donors (Lipinski definition) is 0. The second kappa shape index (κ2) is 5.05. The lowest BCUT2D eigenvalue weighted by Crippen LogP contribution is -2.32. The Morgan fingerprint density at radius 1 is 1.40 bits per heavy atom. The first-order chi connectivity index (χ1) is 9.29. The number of nitrogens with zero attached hydrogens (tertiary/aromatic N) is 3. The van der Waals surface area contributed by atoms with Gasteiger partial charge >= 0.3 is 0 Å². The van der Waals surface area contributed by atoms with Crippen LogP contribution in [-0.4, -0.2) is 14.1 Å². The van der Waals surface area contributed by atoms with Crippen LogP contribution in [0.25, 0.3) is 0 Å². The van der Waals surface area contributed by atoms with Crippen LogP contribution in [0.1, 0.15) is 44.0 Å². The van der Waals surface area contributed by atoms with Gasteiger partial charge < -0.3 is 0 Å². The summed E-state index contributed by atoms with van der Waals surface area (Å²) in [4.78, 5) is 12.4. The first-order valence-electron chi connectivity index (χ1n) is 6.70. The van der Waals surface area contributed by atoms with Gasteiger partial charge in [-0.1, -0.05) is 20.8 Å². The molecule has 1 aromatic heterocycles. The third-order valence-electron chi connectivity index (χ3n) is 4.01. The predicted octanol–water partition coefficient (Wildman–Crippen LogP) is 2.82. The van der Waals surface area contributed by atoms with E-state index in [-0.39, 0.29) is 16.5 Å². The number of alkyl halides is 2. The molecular weight excluding hydrogens is 297 g/mol. The van der Waals surface area contributed by atoms with Gasteiger partial charge in [0.2, 0.25) is 0 Å². The molecule has 108 valence electrons. The van der Waals surface area contributed by atoms with Gasteiger partial charge in [-0.2, -0.15) is 10.4 Å². The quantitative estimate of drug-likeness (QED) is 0.803. The fraction of sp³-hybridized carbons (Fsp3) is 0.643. The highest BCUT2D eigenvalue weighted by atomic mass is 35.5. The van der Waals surface area contributed by atoms with Crippen LogP contribution in [0.15, 0.2) is 4.79 Å². The van der Waals surface area contributed by atoms with Crippen LogP contribution in [-0.2, 0) is 19.4 Å². The van der Waals surface area contributed by atoms with Crippen molar-refractivity contribution >= 4 is 23.2 Å². The first kappa shape index (κ1) is 15.3. The van der Waals surface area contributed by atoms with Gasteiger partial charge in [0, 0.05) is 5.41 Å². The highest BCUT2D eigenvalue weighted by molar-refractivity contribution is 6.51. The Balaban J connectivity index is 2.51. The van der Waals surface area contributed by atoms with Crippen molar-refractivity contribution in [2.24, 2.45) is 5.41 Å². The lowest BCUT2D eigenvalue weighted by atomic mass is 10.0. The Morgan fingerprint density at radius 3 is 2.40 bits per heavy atom. The SMILES string of the molecule is CCc1nn(C[C@@]2(C)CC2(Cl)Cl)c(=O)c(C#N)c1CC. The maximum absolute atomic E-state index is 12.4. The van der Waals surface area contributed by atoms with Gasteiger partial charge in [0.25, 0.3) is 5.56 Å². The zero-order chi connectivity index (χ0) is 15.1. The Morgan fingerprint density at radius 2 is 2.00 bits per heavy atom. The number of rotatable bonds is 4. The molecule has 20 heavy (non-hydrogen) atoms. The van der Waals surface area contributed by atoms with Crippen molar-refractivity contribution in [3.63, 3.8) is 0 Å². The molecule has 0 radical (unpaired) electrons. The maximum atomic E-state index is 12.4. The third-order valence-corrected chi connectivity index (χ3v) is 5.19. The van der Waals surface area contributed by atoms with Crippen molar-refractivity contribution < 1.29 is 0 Å². The van der Waals surface area contributed by atoms with E-state index in [2.05, 4.69) is 5.10 Å². The Kier molecular flexibility index (Phi) is 3.88. The largest absolute Gasteiger partial charge is 0.284 e. The summed E-state index contributed by atoms with van der Waals surface area (Å²) in [6.45, 7) is 6.15. The fourth-order valence-corrected chi connectivity index (χ4v) is 3.20. The van der Waals surface area contributed by atoms with Crippen LogP contribution < -0.4 is 5.56 Å². The molecule has 1 heterocycles. The van der Waals surface area contributed by atoms with Gasteiger partial charge in [0.1, 0.15) is 16.0 Å². The molecule has 1 aliphatic rings. The van der Waals surface area contributed by atoms with E-state index in [0.29, 0.717) is 25.8 Å². The first-order valence-corrected chi connectivity index (χ1v) is 7.46. The maximum Gasteiger partial charge on any atom is 0.284 e. The molecule has 0 unspecified atom stereocenters. The number of aromatic nitrogens is 2. The highest BCUT2D eigenvalue weighted by Gasteiger charge is 2.63. The number of halogens is 2. The van der Waals surface area contributed by atoms with Gasteiger partial charge in [-0.05, 0) is 24.8 Å². The van der Waals surface area contributed by atoms with E-state index >= 15 is 0 Å².